The summed E-state index contributed by atoms with van der Waals surface area (Å²) in [5.41, 5.74) is 1.85. The van der Waals surface area contributed by atoms with Gasteiger partial charge in [-0.3, -0.25) is 19.2 Å². The van der Waals surface area contributed by atoms with Crippen molar-refractivity contribution in [1.29, 1.82) is 0 Å². The van der Waals surface area contributed by atoms with E-state index in [2.05, 4.69) is 10.6 Å². The third kappa shape index (κ3) is 4.58. The van der Waals surface area contributed by atoms with E-state index in [0.717, 1.165) is 0 Å². The fourth-order valence-electron chi connectivity index (χ4n) is 2.67. The van der Waals surface area contributed by atoms with E-state index in [-0.39, 0.29) is 42.8 Å². The number of fused-ring (bicyclic) bond motifs is 1. The van der Waals surface area contributed by atoms with Gasteiger partial charge in [-0.05, 0) is 37.3 Å². The molecule has 1 heterocycles. The number of benzene rings is 2. The monoisotopic (exact) mass is 366 g/mol. The molecule has 2 N–H and O–H groups in total. The minimum absolute atomic E-state index is 0.00305. The molecule has 0 unspecified atom stereocenters. The molecule has 0 saturated heterocycles. The summed E-state index contributed by atoms with van der Waals surface area (Å²) in [5, 5.41) is 5.32. The summed E-state index contributed by atoms with van der Waals surface area (Å²) in [5.74, 6) is -0.401. The van der Waals surface area contributed by atoms with Crippen molar-refractivity contribution in [1.82, 2.24) is 0 Å². The van der Waals surface area contributed by atoms with Gasteiger partial charge in [-0.2, -0.15) is 0 Å². The van der Waals surface area contributed by atoms with Gasteiger partial charge >= 0.3 is 0 Å². The first-order valence-corrected chi connectivity index (χ1v) is 8.43. The summed E-state index contributed by atoms with van der Waals surface area (Å²) in [6.45, 7) is 1.40. The predicted octanol–water partition coefficient (Wildman–Crippen LogP) is 2.82. The molecule has 27 heavy (non-hydrogen) atoms. The fraction of sp³-hybridized carbons (Fsp3) is 0.200. The summed E-state index contributed by atoms with van der Waals surface area (Å²) < 4.78 is 5.25. The smallest absolute Gasteiger partial charge is 0.262 e. The maximum atomic E-state index is 12.3. The molecule has 0 atom stereocenters. The average molecular weight is 366 g/mol. The number of ether oxygens (including phenoxy) is 1. The lowest BCUT2D eigenvalue weighted by atomic mass is 10.0. The van der Waals surface area contributed by atoms with Gasteiger partial charge in [0, 0.05) is 29.7 Å². The summed E-state index contributed by atoms with van der Waals surface area (Å²) >= 11 is 0. The first-order chi connectivity index (χ1) is 12.9. The van der Waals surface area contributed by atoms with Crippen molar-refractivity contribution in [3.05, 3.63) is 53.6 Å². The second-order valence-electron chi connectivity index (χ2n) is 6.16. The van der Waals surface area contributed by atoms with Crippen molar-refractivity contribution in [3.8, 4) is 5.75 Å². The van der Waals surface area contributed by atoms with Crippen molar-refractivity contribution >= 4 is 34.8 Å². The van der Waals surface area contributed by atoms with E-state index in [0.29, 0.717) is 28.3 Å². The van der Waals surface area contributed by atoms with Gasteiger partial charge in [0.05, 0.1) is 5.69 Å². The molecule has 3 rings (SSSR count). The molecule has 2 amide bonds. The zero-order valence-corrected chi connectivity index (χ0v) is 14.7. The van der Waals surface area contributed by atoms with Crippen LogP contribution in [0.4, 0.5) is 11.4 Å². The lowest BCUT2D eigenvalue weighted by Gasteiger charge is -2.18. The highest BCUT2D eigenvalue weighted by atomic mass is 16.5. The van der Waals surface area contributed by atoms with Crippen molar-refractivity contribution in [2.75, 3.05) is 17.2 Å². The lowest BCUT2D eigenvalue weighted by molar-refractivity contribution is -0.118. The van der Waals surface area contributed by atoms with Crippen molar-refractivity contribution in [2.45, 2.75) is 19.8 Å². The third-order valence-corrected chi connectivity index (χ3v) is 4.07. The highest BCUT2D eigenvalue weighted by molar-refractivity contribution is 6.03. The van der Waals surface area contributed by atoms with E-state index < -0.39 is 0 Å². The molecule has 0 aliphatic carbocycles. The Labute approximate surface area is 155 Å². The predicted molar refractivity (Wildman–Crippen MR) is 99.2 cm³/mol. The van der Waals surface area contributed by atoms with Gasteiger partial charge in [0.1, 0.15) is 5.75 Å². The van der Waals surface area contributed by atoms with Gasteiger partial charge < -0.3 is 15.4 Å². The summed E-state index contributed by atoms with van der Waals surface area (Å²) in [6.07, 6.45) is 0.0227. The first kappa shape index (κ1) is 18.3. The van der Waals surface area contributed by atoms with Gasteiger partial charge in [-0.1, -0.05) is 12.1 Å². The Kier molecular flexibility index (Phi) is 5.30. The van der Waals surface area contributed by atoms with Gasteiger partial charge in [0.15, 0.2) is 18.2 Å². The maximum Gasteiger partial charge on any atom is 0.262 e. The summed E-state index contributed by atoms with van der Waals surface area (Å²) in [4.78, 5) is 47.2. The zero-order valence-electron chi connectivity index (χ0n) is 14.7. The van der Waals surface area contributed by atoms with E-state index >= 15 is 0 Å². The minimum Gasteiger partial charge on any atom is -0.482 e. The number of carbonyl (C=O) groups is 4. The van der Waals surface area contributed by atoms with Crippen LogP contribution in [0.25, 0.3) is 0 Å². The normalized spacial score (nSPS) is 12.4. The molecule has 0 bridgehead atoms. The van der Waals surface area contributed by atoms with Gasteiger partial charge in [-0.25, -0.2) is 0 Å². The average Bonchev–Trinajstić information content (AvgIpc) is 2.65. The van der Waals surface area contributed by atoms with Gasteiger partial charge in [0.2, 0.25) is 5.91 Å². The molecule has 1 aliphatic heterocycles. The summed E-state index contributed by atoms with van der Waals surface area (Å²) in [6, 6.07) is 11.4. The molecule has 0 saturated carbocycles. The highest BCUT2D eigenvalue weighted by Crippen LogP contribution is 2.29. The largest absolute Gasteiger partial charge is 0.482 e. The van der Waals surface area contributed by atoms with E-state index in [1.807, 2.05) is 0 Å². The van der Waals surface area contributed by atoms with Crippen LogP contribution in [0.2, 0.25) is 0 Å². The quantitative estimate of drug-likeness (QED) is 0.766. The van der Waals surface area contributed by atoms with Crippen LogP contribution in [0.15, 0.2) is 42.5 Å². The Hall–Kier alpha value is -3.48. The fourth-order valence-corrected chi connectivity index (χ4v) is 2.67. The van der Waals surface area contributed by atoms with E-state index in [9.17, 15) is 19.2 Å². The van der Waals surface area contributed by atoms with Crippen LogP contribution in [0, 0.1) is 0 Å². The molecule has 0 aromatic heterocycles. The molecule has 2 aromatic rings. The summed E-state index contributed by atoms with van der Waals surface area (Å²) in [7, 11) is 0. The Morgan fingerprint density at radius 2 is 1.89 bits per heavy atom. The number of ketones is 2. The molecule has 2 aromatic carbocycles. The molecule has 7 nitrogen and oxygen atoms in total. The van der Waals surface area contributed by atoms with Crippen LogP contribution >= 0.6 is 0 Å². The number of anilines is 2. The maximum absolute atomic E-state index is 12.3. The standard InChI is InChI=1S/C20H18N2O5/c1-12(23)13-3-2-4-15(9-13)21-19(25)8-6-17(24)14-5-7-18-16(10-14)22-20(26)11-27-18/h2-5,7,9-10H,6,8,11H2,1H3,(H,21,25)(H,22,26). The Morgan fingerprint density at radius 1 is 1.07 bits per heavy atom. The Balaban J connectivity index is 1.58. The van der Waals surface area contributed by atoms with Gasteiger partial charge in [0.25, 0.3) is 5.91 Å². The van der Waals surface area contributed by atoms with Gasteiger partial charge in [-0.15, -0.1) is 0 Å². The van der Waals surface area contributed by atoms with Crippen LogP contribution in [-0.4, -0.2) is 30.0 Å². The molecule has 0 spiro atoms. The Bertz CT molecular complexity index is 936. The third-order valence-electron chi connectivity index (χ3n) is 4.07. The lowest BCUT2D eigenvalue weighted by Crippen LogP contribution is -2.25. The number of amides is 2. The van der Waals surface area contributed by atoms with Crippen LogP contribution < -0.4 is 15.4 Å². The second kappa shape index (κ2) is 7.82. The molecule has 7 heteroatoms. The molecule has 0 fully saturated rings. The van der Waals surface area contributed by atoms with Crippen LogP contribution in [-0.2, 0) is 9.59 Å². The molecule has 138 valence electrons. The van der Waals surface area contributed by atoms with E-state index in [1.165, 1.54) is 6.92 Å². The SMILES string of the molecule is CC(=O)c1cccc(NC(=O)CCC(=O)c2ccc3c(c2)NC(=O)CO3)c1. The van der Waals surface area contributed by atoms with Crippen LogP contribution in [0.1, 0.15) is 40.5 Å². The number of rotatable bonds is 6. The number of hydrogen-bond donors (Lipinski definition) is 2. The first-order valence-electron chi connectivity index (χ1n) is 8.43. The van der Waals surface area contributed by atoms with Crippen molar-refractivity contribution in [2.24, 2.45) is 0 Å². The van der Waals surface area contributed by atoms with Crippen molar-refractivity contribution in [3.63, 3.8) is 0 Å². The molecule has 1 aliphatic rings. The zero-order chi connectivity index (χ0) is 19.4. The topological polar surface area (TPSA) is 102 Å². The number of nitrogens with one attached hydrogen (secondary N) is 2. The second-order valence-corrected chi connectivity index (χ2v) is 6.16. The van der Waals surface area contributed by atoms with E-state index in [1.54, 1.807) is 42.5 Å². The Morgan fingerprint density at radius 3 is 2.67 bits per heavy atom. The number of hydrogen-bond acceptors (Lipinski definition) is 5. The van der Waals surface area contributed by atoms with Crippen LogP contribution in [0.5, 0.6) is 5.75 Å². The van der Waals surface area contributed by atoms with Crippen LogP contribution in [0.3, 0.4) is 0 Å². The highest BCUT2D eigenvalue weighted by Gasteiger charge is 2.18. The van der Waals surface area contributed by atoms with E-state index in [4.69, 9.17) is 4.74 Å². The number of Topliss-reactive ketones (excluding diaryl/α,β-unsaturated/α-hetero) is 2. The number of carbonyl (C=O) groups excluding carboxylic acids is 4. The van der Waals surface area contributed by atoms with Crippen molar-refractivity contribution < 1.29 is 23.9 Å². The molecule has 0 radical (unpaired) electrons. The molecular formula is C20H18N2O5. The minimum atomic E-state index is -0.321. The molecular weight excluding hydrogens is 348 g/mol.